The number of aromatic nitrogens is 3. The fourth-order valence-electron chi connectivity index (χ4n) is 6.10. The average molecular weight is 711 g/mol. The van der Waals surface area contributed by atoms with Crippen LogP contribution in [0.5, 0.6) is 11.5 Å². The molecular formula is C40H39FN10O2. The normalized spacial score (nSPS) is 11.8. The second-order valence-electron chi connectivity index (χ2n) is 11.9. The van der Waals surface area contributed by atoms with Gasteiger partial charge in [-0.05, 0) is 35.5 Å². The van der Waals surface area contributed by atoms with Crippen molar-refractivity contribution in [3.05, 3.63) is 156 Å². The number of amidine groups is 1. The van der Waals surface area contributed by atoms with E-state index in [2.05, 4.69) is 21.8 Å². The second-order valence-corrected chi connectivity index (χ2v) is 11.9. The number of halogens is 1. The minimum atomic E-state index is -1.12. The van der Waals surface area contributed by atoms with Crippen molar-refractivity contribution in [3.8, 4) is 11.5 Å². The van der Waals surface area contributed by atoms with Crippen LogP contribution >= 0.6 is 0 Å². The van der Waals surface area contributed by atoms with Gasteiger partial charge < -0.3 is 20.1 Å². The number of ether oxygens (including phenoxy) is 2. The number of hydrazine groups is 1. The van der Waals surface area contributed by atoms with Crippen LogP contribution in [0.4, 0.5) is 27.4 Å². The number of hydrazone groups is 1. The fourth-order valence-corrected chi connectivity index (χ4v) is 6.10. The van der Waals surface area contributed by atoms with Crippen molar-refractivity contribution >= 4 is 41.8 Å². The number of aryl methyl sites for hydroxylation is 1. The number of aliphatic imine (C=N–C) groups is 2. The molecule has 13 heteroatoms. The lowest BCUT2D eigenvalue weighted by Crippen LogP contribution is -2.50. The smallest absolute Gasteiger partial charge is 0.188 e. The summed E-state index contributed by atoms with van der Waals surface area (Å²) in [5.41, 5.74) is 9.44. The van der Waals surface area contributed by atoms with Crippen molar-refractivity contribution in [2.45, 2.75) is 5.54 Å². The Bertz CT molecular complexity index is 2130. The van der Waals surface area contributed by atoms with E-state index in [4.69, 9.17) is 31.1 Å². The largest absolute Gasteiger partial charge is 0.497 e. The molecule has 0 amide bonds. The predicted octanol–water partition coefficient (Wildman–Crippen LogP) is 6.63. The molecule has 6 rings (SSSR count). The molecule has 0 atom stereocenters. The van der Waals surface area contributed by atoms with Crippen LogP contribution in [-0.4, -0.2) is 59.4 Å². The van der Waals surface area contributed by atoms with E-state index in [-0.39, 0.29) is 35.5 Å². The Kier molecular flexibility index (Phi) is 10.9. The van der Waals surface area contributed by atoms with Crippen LogP contribution < -0.4 is 25.9 Å². The van der Waals surface area contributed by atoms with Crippen LogP contribution in [0.3, 0.4) is 0 Å². The highest BCUT2D eigenvalue weighted by Crippen LogP contribution is 2.42. The minimum absolute atomic E-state index is 0.0361. The number of nitrogens with two attached hydrogens (primary N) is 2. The predicted molar refractivity (Wildman–Crippen MR) is 207 cm³/mol. The fraction of sp³-hybridized carbons (Fsp3) is 0.125. The van der Waals surface area contributed by atoms with Gasteiger partial charge in [0.1, 0.15) is 28.6 Å². The second kappa shape index (κ2) is 16.0. The summed E-state index contributed by atoms with van der Waals surface area (Å²) in [5.74, 6) is 7.21. The monoisotopic (exact) mass is 710 g/mol. The Balaban J connectivity index is 1.50. The van der Waals surface area contributed by atoms with Gasteiger partial charge in [-0.15, -0.1) is 5.10 Å². The maximum absolute atomic E-state index is 16.3. The van der Waals surface area contributed by atoms with Crippen LogP contribution in [-0.2, 0) is 12.6 Å². The van der Waals surface area contributed by atoms with Gasteiger partial charge in [0.15, 0.2) is 17.4 Å². The van der Waals surface area contributed by atoms with E-state index >= 15 is 4.39 Å². The zero-order valence-corrected chi connectivity index (χ0v) is 29.5. The summed E-state index contributed by atoms with van der Waals surface area (Å²) >= 11 is 0. The molecule has 0 aliphatic rings. The molecule has 0 radical (unpaired) electrons. The van der Waals surface area contributed by atoms with Crippen molar-refractivity contribution in [2.24, 2.45) is 33.7 Å². The van der Waals surface area contributed by atoms with Crippen LogP contribution in [0.25, 0.3) is 0 Å². The highest BCUT2D eigenvalue weighted by atomic mass is 19.1. The van der Waals surface area contributed by atoms with Crippen molar-refractivity contribution < 1.29 is 13.9 Å². The Hall–Kier alpha value is -6.86. The lowest BCUT2D eigenvalue weighted by molar-refractivity contribution is 0.166. The molecule has 2 heterocycles. The number of nitrogens with zero attached hydrogens (tertiary/aromatic N) is 8. The van der Waals surface area contributed by atoms with Gasteiger partial charge in [0.05, 0.1) is 32.6 Å². The van der Waals surface area contributed by atoms with Crippen LogP contribution in [0.1, 0.15) is 22.3 Å². The lowest BCUT2D eigenvalue weighted by Gasteiger charge is -2.41. The number of hydrogen-bond donors (Lipinski definition) is 2. The number of benzene rings is 4. The molecule has 0 saturated heterocycles. The number of rotatable bonds is 14. The third kappa shape index (κ3) is 7.46. The Morgan fingerprint density at radius 1 is 0.906 bits per heavy atom. The Morgan fingerprint density at radius 3 is 2.02 bits per heavy atom. The first-order valence-electron chi connectivity index (χ1n) is 16.5. The molecule has 0 unspecified atom stereocenters. The van der Waals surface area contributed by atoms with E-state index in [1.165, 1.54) is 36.4 Å². The summed E-state index contributed by atoms with van der Waals surface area (Å²) in [6.07, 6.45) is 5.06. The van der Waals surface area contributed by atoms with Gasteiger partial charge in [0.2, 0.25) is 0 Å². The molecule has 53 heavy (non-hydrogen) atoms. The maximum atomic E-state index is 16.3. The summed E-state index contributed by atoms with van der Waals surface area (Å²) in [6.45, 7) is 3.50. The molecule has 0 fully saturated rings. The SMILES string of the molecule is C=Nc1ccc(N(C/C(N)=N/N(N)C(c2ccccc2)(c2ccccc2)c2ccccc2)c2cc(OC)cc(OC)c2F)nc1/N=C/c1cnn(C)c1. The standard InChI is InChI=1S/C40H39FN10O2/c1-44-33-20-21-37(47-39(33)45-24-28-25-46-49(2)26-28)50(34-22-32(52-3)23-35(53-4)38(34)41)27-36(42)48-51(43)40(29-14-8-5-9-15-29,30-16-10-6-11-17-30)31-18-12-7-13-19-31/h5-26H,1,27,43H2,2-4H3,(H2,42,48)/b45-24+. The lowest BCUT2D eigenvalue weighted by atomic mass is 9.77. The molecule has 4 aromatic carbocycles. The van der Waals surface area contributed by atoms with Gasteiger partial charge in [-0.3, -0.25) is 9.67 Å². The third-order valence-corrected chi connectivity index (χ3v) is 8.56. The van der Waals surface area contributed by atoms with E-state index in [0.29, 0.717) is 11.4 Å². The van der Waals surface area contributed by atoms with Gasteiger partial charge in [0.25, 0.3) is 0 Å². The van der Waals surface area contributed by atoms with Gasteiger partial charge in [-0.25, -0.2) is 25.3 Å². The topological polar surface area (TPSA) is 145 Å². The van der Waals surface area contributed by atoms with E-state index in [1.807, 2.05) is 91.0 Å². The highest BCUT2D eigenvalue weighted by molar-refractivity contribution is 5.88. The number of pyridine rings is 1. The quantitative estimate of drug-likeness (QED) is 0.0421. The molecule has 0 saturated carbocycles. The van der Waals surface area contributed by atoms with E-state index in [1.54, 1.807) is 42.5 Å². The first-order chi connectivity index (χ1) is 25.8. The molecule has 0 bridgehead atoms. The van der Waals surface area contributed by atoms with Gasteiger partial charge >= 0.3 is 0 Å². The summed E-state index contributed by atoms with van der Waals surface area (Å²) in [5, 5.41) is 10.3. The maximum Gasteiger partial charge on any atom is 0.188 e. The molecule has 12 nitrogen and oxygen atoms in total. The zero-order valence-electron chi connectivity index (χ0n) is 29.5. The first-order valence-corrected chi connectivity index (χ1v) is 16.5. The molecule has 268 valence electrons. The van der Waals surface area contributed by atoms with Crippen LogP contribution in [0.15, 0.2) is 143 Å². The van der Waals surface area contributed by atoms with E-state index < -0.39 is 11.4 Å². The Labute approximate surface area is 307 Å². The van der Waals surface area contributed by atoms with Gasteiger partial charge in [0, 0.05) is 37.2 Å². The van der Waals surface area contributed by atoms with Crippen molar-refractivity contribution in [3.63, 3.8) is 0 Å². The average Bonchev–Trinajstić information content (AvgIpc) is 3.62. The Morgan fingerprint density at radius 2 is 1.51 bits per heavy atom. The highest BCUT2D eigenvalue weighted by Gasteiger charge is 2.41. The van der Waals surface area contributed by atoms with Crippen molar-refractivity contribution in [2.75, 3.05) is 25.7 Å². The molecular weight excluding hydrogens is 672 g/mol. The molecule has 0 aliphatic heterocycles. The summed E-state index contributed by atoms with van der Waals surface area (Å²) < 4.78 is 28.8. The molecule has 0 aliphatic carbocycles. The van der Waals surface area contributed by atoms with E-state index in [9.17, 15) is 0 Å². The summed E-state index contributed by atoms with van der Waals surface area (Å²) in [6, 6.07) is 35.7. The van der Waals surface area contributed by atoms with Crippen molar-refractivity contribution in [1.29, 1.82) is 0 Å². The minimum Gasteiger partial charge on any atom is -0.497 e. The third-order valence-electron chi connectivity index (χ3n) is 8.56. The van der Waals surface area contributed by atoms with Crippen molar-refractivity contribution in [1.82, 2.24) is 19.9 Å². The van der Waals surface area contributed by atoms with Gasteiger partial charge in [-0.2, -0.15) is 5.10 Å². The molecule has 6 aromatic rings. The van der Waals surface area contributed by atoms with Crippen LogP contribution in [0, 0.1) is 5.82 Å². The number of methoxy groups -OCH3 is 2. The summed E-state index contributed by atoms with van der Waals surface area (Å²) in [4.78, 5) is 15.0. The van der Waals surface area contributed by atoms with E-state index in [0.717, 1.165) is 22.3 Å². The first kappa shape index (κ1) is 35.9. The van der Waals surface area contributed by atoms with Crippen LogP contribution in [0.2, 0.25) is 0 Å². The summed E-state index contributed by atoms with van der Waals surface area (Å²) in [7, 11) is 4.66. The molecule has 0 spiro atoms. The zero-order chi connectivity index (χ0) is 37.4. The molecule has 2 aromatic heterocycles. The number of anilines is 2. The molecule has 4 N–H and O–H groups in total. The number of hydrogen-bond acceptors (Lipinski definition) is 10. The van der Waals surface area contributed by atoms with Gasteiger partial charge in [-0.1, -0.05) is 91.0 Å².